The van der Waals surface area contributed by atoms with Gasteiger partial charge in [-0.2, -0.15) is 5.26 Å². The molecule has 1 aromatic heterocycles. The van der Waals surface area contributed by atoms with Crippen molar-refractivity contribution in [2.24, 2.45) is 5.92 Å². The minimum absolute atomic E-state index is 0.300. The molecule has 1 rings (SSSR count). The van der Waals surface area contributed by atoms with Crippen molar-refractivity contribution in [3.8, 4) is 6.07 Å². The summed E-state index contributed by atoms with van der Waals surface area (Å²) < 4.78 is 0. The van der Waals surface area contributed by atoms with Crippen LogP contribution in [0.3, 0.4) is 0 Å². The number of nitriles is 1. The van der Waals surface area contributed by atoms with Crippen LogP contribution in [0.5, 0.6) is 0 Å². The molecule has 0 fully saturated rings. The first kappa shape index (κ1) is 14.8. The molecule has 0 aromatic carbocycles. The van der Waals surface area contributed by atoms with Gasteiger partial charge in [-0.15, -0.1) is 0 Å². The maximum atomic E-state index is 9.11. The Morgan fingerprint density at radius 2 is 2.00 bits per heavy atom. The summed E-state index contributed by atoms with van der Waals surface area (Å²) in [6.07, 6.45) is 1.80. The van der Waals surface area contributed by atoms with Crippen molar-refractivity contribution in [2.45, 2.75) is 50.9 Å². The first-order valence-corrected chi connectivity index (χ1v) is 7.09. The van der Waals surface area contributed by atoms with Gasteiger partial charge in [0.15, 0.2) is 5.16 Å². The van der Waals surface area contributed by atoms with Gasteiger partial charge in [0, 0.05) is 5.25 Å². The Balaban J connectivity index is 3.10. The first-order valence-electron chi connectivity index (χ1n) is 6.21. The molecule has 0 aliphatic heterocycles. The highest BCUT2D eigenvalue weighted by Crippen LogP contribution is 2.25. The van der Waals surface area contributed by atoms with E-state index >= 15 is 0 Å². The van der Waals surface area contributed by atoms with Gasteiger partial charge in [-0.05, 0) is 18.8 Å². The summed E-state index contributed by atoms with van der Waals surface area (Å²) in [4.78, 5) is 8.69. The maximum absolute atomic E-state index is 9.11. The predicted octanol–water partition coefficient (Wildman–Crippen LogP) is 3.02. The van der Waals surface area contributed by atoms with Gasteiger partial charge < -0.3 is 5.73 Å². The molecule has 0 aliphatic rings. The molecule has 0 unspecified atom stereocenters. The Bertz CT molecular complexity index is 451. The molecule has 0 saturated carbocycles. The number of nitrogen functional groups attached to an aromatic ring is 1. The highest BCUT2D eigenvalue weighted by Gasteiger charge is 2.15. The van der Waals surface area contributed by atoms with Gasteiger partial charge in [-0.25, -0.2) is 9.97 Å². The van der Waals surface area contributed by atoms with Crippen LogP contribution in [0, 0.1) is 17.2 Å². The molecule has 1 atom stereocenters. The summed E-state index contributed by atoms with van der Waals surface area (Å²) in [5, 5.41) is 10.2. The number of anilines is 1. The van der Waals surface area contributed by atoms with Crippen molar-refractivity contribution >= 4 is 17.6 Å². The fraction of sp³-hybridized carbons (Fsp3) is 0.615. The average molecular weight is 264 g/mol. The molecule has 4 nitrogen and oxygen atoms in total. The summed E-state index contributed by atoms with van der Waals surface area (Å²) in [6, 6.07) is 2.10. The topological polar surface area (TPSA) is 75.6 Å². The van der Waals surface area contributed by atoms with Gasteiger partial charge in [0.1, 0.15) is 17.5 Å². The highest BCUT2D eigenvalue weighted by molar-refractivity contribution is 7.99. The van der Waals surface area contributed by atoms with E-state index < -0.39 is 0 Å². The second-order valence-electron chi connectivity index (χ2n) is 4.76. The van der Waals surface area contributed by atoms with Gasteiger partial charge in [-0.3, -0.25) is 0 Å². The van der Waals surface area contributed by atoms with Gasteiger partial charge in [0.05, 0.1) is 5.69 Å². The average Bonchev–Trinajstić information content (AvgIpc) is 2.27. The number of nitrogens with two attached hydrogens (primary N) is 1. The number of hydrogen-bond acceptors (Lipinski definition) is 5. The smallest absolute Gasteiger partial charge is 0.190 e. The molecule has 18 heavy (non-hydrogen) atoms. The van der Waals surface area contributed by atoms with Gasteiger partial charge in [0.2, 0.25) is 0 Å². The lowest BCUT2D eigenvalue weighted by Gasteiger charge is -2.12. The standard InChI is InChI=1S/C13H20N4S/c1-5-9(4)18-13-16-11(6-8(2)3)10(7-14)12(15)17-13/h8-9H,5-6H2,1-4H3,(H2,15,16,17)/t9-/m0/s1. The van der Waals surface area contributed by atoms with E-state index in [9.17, 15) is 0 Å². The fourth-order valence-corrected chi connectivity index (χ4v) is 2.32. The van der Waals surface area contributed by atoms with Crippen LogP contribution in [0.2, 0.25) is 0 Å². The zero-order chi connectivity index (χ0) is 13.7. The van der Waals surface area contributed by atoms with Crippen LogP contribution in [0.15, 0.2) is 5.16 Å². The fourth-order valence-electron chi connectivity index (χ4n) is 1.48. The van der Waals surface area contributed by atoms with E-state index in [-0.39, 0.29) is 0 Å². The van der Waals surface area contributed by atoms with Gasteiger partial charge >= 0.3 is 0 Å². The third kappa shape index (κ3) is 3.88. The zero-order valence-electron chi connectivity index (χ0n) is 11.4. The van der Waals surface area contributed by atoms with Crippen molar-refractivity contribution < 1.29 is 0 Å². The molecule has 0 radical (unpaired) electrons. The quantitative estimate of drug-likeness (QED) is 0.653. The van der Waals surface area contributed by atoms with Crippen molar-refractivity contribution in [1.29, 1.82) is 5.26 Å². The lowest BCUT2D eigenvalue weighted by molar-refractivity contribution is 0.626. The van der Waals surface area contributed by atoms with Crippen LogP contribution in [0.25, 0.3) is 0 Å². The van der Waals surface area contributed by atoms with Gasteiger partial charge in [-0.1, -0.05) is 39.5 Å². The van der Waals surface area contributed by atoms with Crippen LogP contribution in [0.4, 0.5) is 5.82 Å². The van der Waals surface area contributed by atoms with E-state index in [1.165, 1.54) is 0 Å². The van der Waals surface area contributed by atoms with Crippen molar-refractivity contribution in [3.63, 3.8) is 0 Å². The Morgan fingerprint density at radius 1 is 1.33 bits per heavy atom. The normalized spacial score (nSPS) is 12.4. The van der Waals surface area contributed by atoms with E-state index in [0.29, 0.717) is 27.7 Å². The molecule has 2 N–H and O–H groups in total. The second kappa shape index (κ2) is 6.60. The van der Waals surface area contributed by atoms with Crippen LogP contribution in [0.1, 0.15) is 45.4 Å². The van der Waals surface area contributed by atoms with Crippen molar-refractivity contribution in [3.05, 3.63) is 11.3 Å². The summed E-state index contributed by atoms with van der Waals surface area (Å²) in [6.45, 7) is 8.45. The molecule has 0 spiro atoms. The molecule has 1 aromatic rings. The highest BCUT2D eigenvalue weighted by atomic mass is 32.2. The monoisotopic (exact) mass is 264 g/mol. The summed E-state index contributed by atoms with van der Waals surface area (Å²) in [7, 11) is 0. The third-order valence-corrected chi connectivity index (χ3v) is 3.72. The SMILES string of the molecule is CC[C@H](C)Sc1nc(N)c(C#N)c(CC(C)C)n1. The first-order chi connectivity index (χ1) is 8.47. The van der Waals surface area contributed by atoms with Crippen LogP contribution in [-0.2, 0) is 6.42 Å². The Kier molecular flexibility index (Phi) is 5.42. The largest absolute Gasteiger partial charge is 0.382 e. The maximum Gasteiger partial charge on any atom is 0.190 e. The molecule has 98 valence electrons. The van der Waals surface area contributed by atoms with Gasteiger partial charge in [0.25, 0.3) is 0 Å². The molecule has 0 saturated heterocycles. The summed E-state index contributed by atoms with van der Waals surface area (Å²) >= 11 is 1.61. The zero-order valence-corrected chi connectivity index (χ0v) is 12.2. The molecule has 5 heteroatoms. The minimum atomic E-state index is 0.300. The van der Waals surface area contributed by atoms with E-state index in [0.717, 1.165) is 18.5 Å². The predicted molar refractivity (Wildman–Crippen MR) is 75.3 cm³/mol. The number of rotatable bonds is 5. The second-order valence-corrected chi connectivity index (χ2v) is 6.17. The molecule has 1 heterocycles. The van der Waals surface area contributed by atoms with E-state index in [2.05, 4.69) is 43.7 Å². The van der Waals surface area contributed by atoms with Crippen LogP contribution >= 0.6 is 11.8 Å². The lowest BCUT2D eigenvalue weighted by atomic mass is 10.0. The Morgan fingerprint density at radius 3 is 2.50 bits per heavy atom. The minimum Gasteiger partial charge on any atom is -0.382 e. The Hall–Kier alpha value is -1.28. The number of aromatic nitrogens is 2. The van der Waals surface area contributed by atoms with Crippen LogP contribution < -0.4 is 5.73 Å². The third-order valence-electron chi connectivity index (χ3n) is 2.59. The van der Waals surface area contributed by atoms with E-state index in [1.54, 1.807) is 11.8 Å². The number of thioether (sulfide) groups is 1. The van der Waals surface area contributed by atoms with Crippen molar-refractivity contribution in [1.82, 2.24) is 9.97 Å². The molecule has 0 bridgehead atoms. The van der Waals surface area contributed by atoms with Crippen molar-refractivity contribution in [2.75, 3.05) is 5.73 Å². The van der Waals surface area contributed by atoms with E-state index in [1.807, 2.05) is 0 Å². The van der Waals surface area contributed by atoms with Crippen LogP contribution in [-0.4, -0.2) is 15.2 Å². The number of hydrogen-bond donors (Lipinski definition) is 1. The summed E-state index contributed by atoms with van der Waals surface area (Å²) in [5.41, 5.74) is 7.04. The molecule has 0 aliphatic carbocycles. The Labute approximate surface area is 113 Å². The summed E-state index contributed by atoms with van der Waals surface area (Å²) in [5.74, 6) is 0.738. The molecule has 0 amide bonds. The number of nitrogens with zero attached hydrogens (tertiary/aromatic N) is 3. The molecular formula is C13H20N4S. The lowest BCUT2D eigenvalue weighted by Crippen LogP contribution is -2.08. The molecular weight excluding hydrogens is 244 g/mol. The van der Waals surface area contributed by atoms with E-state index in [4.69, 9.17) is 11.0 Å².